The molecular weight excluding hydrogens is 324 g/mol. The molecule has 2 aromatic rings. The third-order valence-corrected chi connectivity index (χ3v) is 5.70. The lowest BCUT2D eigenvalue weighted by Gasteiger charge is -2.38. The molecule has 140 valence electrons. The molecule has 0 amide bonds. The van der Waals surface area contributed by atoms with E-state index in [0.29, 0.717) is 0 Å². The third-order valence-electron chi connectivity index (χ3n) is 5.70. The minimum Gasteiger partial charge on any atom is -0.304 e. The SMILES string of the molecule is CN1CCN(CC2CCCN(Cc3ccc(-n4ccnc4)nc3)C2)CC1. The van der Waals surface area contributed by atoms with E-state index in [0.717, 1.165) is 18.3 Å². The van der Waals surface area contributed by atoms with Crippen LogP contribution in [0.15, 0.2) is 37.1 Å². The molecule has 2 aliphatic heterocycles. The molecule has 2 aliphatic rings. The summed E-state index contributed by atoms with van der Waals surface area (Å²) in [5.41, 5.74) is 1.30. The molecule has 2 aromatic heterocycles. The number of aromatic nitrogens is 3. The Morgan fingerprint density at radius 3 is 2.69 bits per heavy atom. The van der Waals surface area contributed by atoms with Crippen molar-refractivity contribution in [1.82, 2.24) is 29.2 Å². The quantitative estimate of drug-likeness (QED) is 0.818. The zero-order chi connectivity index (χ0) is 17.8. The molecule has 2 fully saturated rings. The lowest BCUT2D eigenvalue weighted by Crippen LogP contribution is -2.48. The molecule has 2 saturated heterocycles. The highest BCUT2D eigenvalue weighted by Gasteiger charge is 2.23. The van der Waals surface area contributed by atoms with Crippen molar-refractivity contribution in [3.8, 4) is 5.82 Å². The number of likely N-dealkylation sites (N-methyl/N-ethyl adjacent to an activating group) is 1. The highest BCUT2D eigenvalue weighted by atomic mass is 15.2. The van der Waals surface area contributed by atoms with Gasteiger partial charge < -0.3 is 9.80 Å². The maximum absolute atomic E-state index is 4.59. The normalized spacial score (nSPS) is 23.3. The number of likely N-dealkylation sites (tertiary alicyclic amines) is 1. The van der Waals surface area contributed by atoms with Crippen LogP contribution in [0, 0.1) is 5.92 Å². The smallest absolute Gasteiger partial charge is 0.137 e. The van der Waals surface area contributed by atoms with E-state index in [2.05, 4.69) is 43.8 Å². The van der Waals surface area contributed by atoms with Crippen molar-refractivity contribution in [2.75, 3.05) is 52.9 Å². The monoisotopic (exact) mass is 354 g/mol. The summed E-state index contributed by atoms with van der Waals surface area (Å²) in [4.78, 5) is 16.4. The lowest BCUT2D eigenvalue weighted by molar-refractivity contribution is 0.0966. The number of rotatable bonds is 5. The molecule has 1 atom stereocenters. The molecule has 6 nitrogen and oxygen atoms in total. The predicted octanol–water partition coefficient (Wildman–Crippen LogP) is 1.73. The molecular formula is C20H30N6. The average Bonchev–Trinajstić information content (AvgIpc) is 3.19. The number of pyridine rings is 1. The molecule has 4 rings (SSSR count). The van der Waals surface area contributed by atoms with Gasteiger partial charge in [-0.15, -0.1) is 0 Å². The number of nitrogens with zero attached hydrogens (tertiary/aromatic N) is 6. The molecule has 26 heavy (non-hydrogen) atoms. The van der Waals surface area contributed by atoms with Gasteiger partial charge in [0.05, 0.1) is 0 Å². The van der Waals surface area contributed by atoms with Gasteiger partial charge in [-0.2, -0.15) is 0 Å². The second-order valence-electron chi connectivity index (χ2n) is 7.84. The Balaban J connectivity index is 1.29. The van der Waals surface area contributed by atoms with Gasteiger partial charge in [-0.05, 0) is 44.0 Å². The van der Waals surface area contributed by atoms with Crippen LogP contribution in [0.25, 0.3) is 5.82 Å². The summed E-state index contributed by atoms with van der Waals surface area (Å²) in [5.74, 6) is 1.74. The van der Waals surface area contributed by atoms with Crippen molar-refractivity contribution in [3.05, 3.63) is 42.6 Å². The van der Waals surface area contributed by atoms with Gasteiger partial charge in [0.2, 0.25) is 0 Å². The van der Waals surface area contributed by atoms with Crippen LogP contribution in [-0.4, -0.2) is 82.1 Å². The topological polar surface area (TPSA) is 40.4 Å². The zero-order valence-corrected chi connectivity index (χ0v) is 15.8. The third kappa shape index (κ3) is 4.50. The summed E-state index contributed by atoms with van der Waals surface area (Å²) in [5, 5.41) is 0. The Hall–Kier alpha value is -1.76. The van der Waals surface area contributed by atoms with Crippen LogP contribution < -0.4 is 0 Å². The zero-order valence-electron chi connectivity index (χ0n) is 15.8. The summed E-state index contributed by atoms with van der Waals surface area (Å²) >= 11 is 0. The number of hydrogen-bond acceptors (Lipinski definition) is 5. The number of piperidine rings is 1. The second kappa shape index (κ2) is 8.29. The molecule has 0 radical (unpaired) electrons. The van der Waals surface area contributed by atoms with Crippen LogP contribution in [0.1, 0.15) is 18.4 Å². The van der Waals surface area contributed by atoms with E-state index in [-0.39, 0.29) is 0 Å². The molecule has 0 saturated carbocycles. The van der Waals surface area contributed by atoms with Crippen LogP contribution in [0.3, 0.4) is 0 Å². The van der Waals surface area contributed by atoms with Crippen LogP contribution in [0.5, 0.6) is 0 Å². The number of hydrogen-bond donors (Lipinski definition) is 0. The van der Waals surface area contributed by atoms with E-state index < -0.39 is 0 Å². The Bertz CT molecular complexity index is 660. The first-order chi connectivity index (χ1) is 12.8. The first-order valence-corrected chi connectivity index (χ1v) is 9.83. The highest BCUT2D eigenvalue weighted by Crippen LogP contribution is 2.20. The van der Waals surface area contributed by atoms with Crippen LogP contribution in [-0.2, 0) is 6.54 Å². The van der Waals surface area contributed by atoms with E-state index >= 15 is 0 Å². The van der Waals surface area contributed by atoms with Gasteiger partial charge in [0, 0.05) is 64.4 Å². The lowest BCUT2D eigenvalue weighted by atomic mass is 9.96. The van der Waals surface area contributed by atoms with Gasteiger partial charge in [0.1, 0.15) is 12.1 Å². The van der Waals surface area contributed by atoms with Gasteiger partial charge in [0.25, 0.3) is 0 Å². The predicted molar refractivity (Wildman–Crippen MR) is 103 cm³/mol. The summed E-state index contributed by atoms with van der Waals surface area (Å²) in [6.45, 7) is 9.59. The fourth-order valence-electron chi connectivity index (χ4n) is 4.16. The van der Waals surface area contributed by atoms with Gasteiger partial charge in [-0.25, -0.2) is 9.97 Å². The van der Waals surface area contributed by atoms with E-state index in [1.807, 2.05) is 17.0 Å². The maximum atomic E-state index is 4.59. The van der Waals surface area contributed by atoms with E-state index in [1.54, 1.807) is 12.5 Å². The fraction of sp³-hybridized carbons (Fsp3) is 0.600. The maximum Gasteiger partial charge on any atom is 0.137 e. The van der Waals surface area contributed by atoms with Crippen molar-refractivity contribution in [3.63, 3.8) is 0 Å². The first-order valence-electron chi connectivity index (χ1n) is 9.83. The Morgan fingerprint density at radius 2 is 1.96 bits per heavy atom. The van der Waals surface area contributed by atoms with Crippen LogP contribution in [0.2, 0.25) is 0 Å². The summed E-state index contributed by atoms with van der Waals surface area (Å²) in [6.07, 6.45) is 10.2. The first kappa shape index (κ1) is 17.6. The standard InChI is InChI=1S/C20H30N6/c1-23-9-11-24(12-10-23)15-19-3-2-7-25(16-19)14-18-4-5-20(22-13-18)26-8-6-21-17-26/h4-6,8,13,17,19H,2-3,7,9-12,14-16H2,1H3. The van der Waals surface area contributed by atoms with Crippen LogP contribution >= 0.6 is 0 Å². The van der Waals surface area contributed by atoms with Crippen molar-refractivity contribution in [2.24, 2.45) is 5.92 Å². The summed E-state index contributed by atoms with van der Waals surface area (Å²) in [6, 6.07) is 4.29. The molecule has 0 aromatic carbocycles. The molecule has 6 heteroatoms. The molecule has 0 aliphatic carbocycles. The fourth-order valence-corrected chi connectivity index (χ4v) is 4.16. The van der Waals surface area contributed by atoms with Gasteiger partial charge in [0.15, 0.2) is 0 Å². The van der Waals surface area contributed by atoms with E-state index in [9.17, 15) is 0 Å². The van der Waals surface area contributed by atoms with Gasteiger partial charge in [-0.3, -0.25) is 9.47 Å². The molecule has 4 heterocycles. The van der Waals surface area contributed by atoms with Crippen molar-refractivity contribution < 1.29 is 0 Å². The van der Waals surface area contributed by atoms with Gasteiger partial charge in [-0.1, -0.05) is 6.07 Å². The Labute approximate surface area is 156 Å². The van der Waals surface area contributed by atoms with E-state index in [4.69, 9.17) is 0 Å². The largest absolute Gasteiger partial charge is 0.304 e. The molecule has 0 bridgehead atoms. The highest BCUT2D eigenvalue weighted by molar-refractivity contribution is 5.25. The second-order valence-corrected chi connectivity index (χ2v) is 7.84. The Morgan fingerprint density at radius 1 is 1.08 bits per heavy atom. The van der Waals surface area contributed by atoms with E-state index in [1.165, 1.54) is 64.2 Å². The van der Waals surface area contributed by atoms with Gasteiger partial charge >= 0.3 is 0 Å². The minimum absolute atomic E-state index is 0.810. The molecule has 1 unspecified atom stereocenters. The summed E-state index contributed by atoms with van der Waals surface area (Å²) < 4.78 is 1.94. The molecule has 0 N–H and O–H groups in total. The van der Waals surface area contributed by atoms with Crippen molar-refractivity contribution in [1.29, 1.82) is 0 Å². The molecule has 0 spiro atoms. The van der Waals surface area contributed by atoms with Crippen molar-refractivity contribution in [2.45, 2.75) is 19.4 Å². The summed E-state index contributed by atoms with van der Waals surface area (Å²) in [7, 11) is 2.23. The Kier molecular flexibility index (Phi) is 5.62. The number of piperazine rings is 1. The minimum atomic E-state index is 0.810. The van der Waals surface area contributed by atoms with Crippen molar-refractivity contribution >= 4 is 0 Å². The number of imidazole rings is 1. The van der Waals surface area contributed by atoms with Crippen LogP contribution in [0.4, 0.5) is 0 Å². The average molecular weight is 355 g/mol.